The lowest BCUT2D eigenvalue weighted by Crippen LogP contribution is -2.40. The van der Waals surface area contributed by atoms with Crippen LogP contribution in [0.25, 0.3) is 0 Å². The minimum atomic E-state index is -3.50. The molecule has 1 saturated heterocycles. The molecule has 27 heavy (non-hydrogen) atoms. The van der Waals surface area contributed by atoms with Gasteiger partial charge in [0.1, 0.15) is 0 Å². The lowest BCUT2D eigenvalue weighted by molar-refractivity contribution is 0.230. The average Bonchev–Trinajstić information content (AvgIpc) is 2.90. The quantitative estimate of drug-likeness (QED) is 0.644. The maximum Gasteiger partial charge on any atom is 0.243 e. The van der Waals surface area contributed by atoms with Crippen LogP contribution < -0.4 is 0 Å². The summed E-state index contributed by atoms with van der Waals surface area (Å²) in [5, 5.41) is 0. The maximum atomic E-state index is 13.6. The highest BCUT2D eigenvalue weighted by Crippen LogP contribution is 2.43. The largest absolute Gasteiger partial charge is 0.243 e. The third-order valence-electron chi connectivity index (χ3n) is 5.84. The van der Waals surface area contributed by atoms with Gasteiger partial charge in [-0.2, -0.15) is 4.31 Å². The Labute approximate surface area is 165 Å². The van der Waals surface area contributed by atoms with Crippen LogP contribution >= 0.6 is 0 Å². The molecule has 0 unspecified atom stereocenters. The van der Waals surface area contributed by atoms with E-state index in [1.807, 2.05) is 19.1 Å². The molecular formula is C23H33NO2S. The molecule has 0 saturated carbocycles. The molecule has 4 heteroatoms. The Hall–Kier alpha value is -1.39. The van der Waals surface area contributed by atoms with Crippen molar-refractivity contribution in [2.24, 2.45) is 11.3 Å². The molecule has 1 aliphatic carbocycles. The van der Waals surface area contributed by atoms with Gasteiger partial charge in [-0.25, -0.2) is 8.42 Å². The molecule has 148 valence electrons. The van der Waals surface area contributed by atoms with Crippen molar-refractivity contribution in [2.45, 2.75) is 71.2 Å². The van der Waals surface area contributed by atoms with Gasteiger partial charge in [0.2, 0.25) is 10.0 Å². The Balaban J connectivity index is 2.05. The number of nitrogens with zero attached hydrogens (tertiary/aromatic N) is 1. The summed E-state index contributed by atoms with van der Waals surface area (Å²) >= 11 is 0. The predicted molar refractivity (Wildman–Crippen MR) is 112 cm³/mol. The van der Waals surface area contributed by atoms with Gasteiger partial charge in [0.05, 0.1) is 4.90 Å². The van der Waals surface area contributed by atoms with E-state index in [0.29, 0.717) is 17.4 Å². The number of sulfonamides is 1. The Bertz CT molecular complexity index is 841. The second kappa shape index (κ2) is 7.56. The van der Waals surface area contributed by atoms with E-state index in [4.69, 9.17) is 0 Å². The van der Waals surface area contributed by atoms with E-state index in [9.17, 15) is 8.42 Å². The van der Waals surface area contributed by atoms with Crippen LogP contribution in [-0.2, 0) is 10.0 Å². The van der Waals surface area contributed by atoms with Crippen molar-refractivity contribution >= 4 is 10.0 Å². The molecule has 1 fully saturated rings. The fourth-order valence-corrected chi connectivity index (χ4v) is 6.06. The van der Waals surface area contributed by atoms with Gasteiger partial charge in [0.25, 0.3) is 0 Å². The first-order valence-corrected chi connectivity index (χ1v) is 11.5. The van der Waals surface area contributed by atoms with Crippen LogP contribution in [0.2, 0.25) is 0 Å². The van der Waals surface area contributed by atoms with Crippen molar-refractivity contribution in [1.82, 2.24) is 4.31 Å². The summed E-state index contributed by atoms with van der Waals surface area (Å²) in [6.07, 6.45) is 8.36. The average molecular weight is 388 g/mol. The molecule has 0 radical (unpaired) electrons. The van der Waals surface area contributed by atoms with Crippen LogP contribution in [0.15, 0.2) is 52.5 Å². The zero-order chi connectivity index (χ0) is 19.8. The minimum absolute atomic E-state index is 0.0350. The Kier molecular flexibility index (Phi) is 5.69. The van der Waals surface area contributed by atoms with Crippen molar-refractivity contribution in [3.8, 4) is 0 Å². The fraction of sp³-hybridized carbons (Fsp3) is 0.565. The van der Waals surface area contributed by atoms with E-state index in [0.717, 1.165) is 31.2 Å². The Morgan fingerprint density at radius 3 is 2.37 bits per heavy atom. The summed E-state index contributed by atoms with van der Waals surface area (Å²) in [7, 11) is -3.50. The second-order valence-electron chi connectivity index (χ2n) is 9.36. The number of aryl methyl sites for hydroxylation is 1. The van der Waals surface area contributed by atoms with Crippen molar-refractivity contribution in [3.05, 3.63) is 53.1 Å². The van der Waals surface area contributed by atoms with E-state index in [2.05, 4.69) is 39.8 Å². The molecule has 0 aromatic heterocycles. The molecule has 0 spiro atoms. The number of rotatable bonds is 3. The fourth-order valence-electron chi connectivity index (χ4n) is 4.42. The van der Waals surface area contributed by atoms with Crippen molar-refractivity contribution in [3.63, 3.8) is 0 Å². The van der Waals surface area contributed by atoms with Crippen LogP contribution in [0, 0.1) is 18.3 Å². The summed E-state index contributed by atoms with van der Waals surface area (Å²) in [5.41, 5.74) is 3.85. The summed E-state index contributed by atoms with van der Waals surface area (Å²) in [5.74, 6) is 0.328. The molecule has 1 heterocycles. The SMILES string of the molecule is C/C1=C2\CN(S(=O)(=O)c3ccc(C)cc3)[C@H](CC(C)(C)C)[C@@H]2CC/C=C\C1. The molecule has 0 bridgehead atoms. The number of hydrogen-bond donors (Lipinski definition) is 0. The van der Waals surface area contributed by atoms with E-state index < -0.39 is 10.0 Å². The summed E-state index contributed by atoms with van der Waals surface area (Å²) in [6.45, 7) is 11.3. The summed E-state index contributed by atoms with van der Waals surface area (Å²) < 4.78 is 28.9. The zero-order valence-corrected chi connectivity index (χ0v) is 18.1. The number of benzene rings is 1. The minimum Gasteiger partial charge on any atom is -0.207 e. The molecule has 1 aromatic rings. The van der Waals surface area contributed by atoms with Crippen LogP contribution in [0.1, 0.15) is 58.9 Å². The monoisotopic (exact) mass is 387 g/mol. The third kappa shape index (κ3) is 4.38. The molecule has 3 nitrogen and oxygen atoms in total. The molecule has 2 atom stereocenters. The lowest BCUT2D eigenvalue weighted by atomic mass is 9.79. The molecule has 0 N–H and O–H groups in total. The molecule has 1 aromatic carbocycles. The molecule has 3 rings (SSSR count). The van der Waals surface area contributed by atoms with Gasteiger partial charge in [-0.05, 0) is 63.0 Å². The standard InChI is InChI=1S/C23H33NO2S/c1-17-11-13-19(14-12-17)27(25,26)24-16-21-18(2)9-7-6-8-10-20(21)22(24)15-23(3,4)5/h6-7,11-14,20,22H,8-10,15-16H2,1-5H3/b7-6-,21-18-/t20-,22-/m1/s1. The van der Waals surface area contributed by atoms with Crippen molar-refractivity contribution in [1.29, 1.82) is 0 Å². The number of fused-ring (bicyclic) bond motifs is 1. The molecule has 1 aliphatic heterocycles. The van der Waals surface area contributed by atoms with E-state index in [1.54, 1.807) is 16.4 Å². The highest BCUT2D eigenvalue weighted by Gasteiger charge is 2.45. The number of hydrogen-bond acceptors (Lipinski definition) is 2. The summed E-state index contributed by atoms with van der Waals surface area (Å²) in [6, 6.07) is 7.32. The number of allylic oxidation sites excluding steroid dienone is 3. The van der Waals surface area contributed by atoms with Crippen LogP contribution in [0.5, 0.6) is 0 Å². The van der Waals surface area contributed by atoms with Gasteiger partial charge in [0, 0.05) is 12.6 Å². The van der Waals surface area contributed by atoms with Crippen molar-refractivity contribution < 1.29 is 8.42 Å². The summed E-state index contributed by atoms with van der Waals surface area (Å²) in [4.78, 5) is 0.414. The van der Waals surface area contributed by atoms with Crippen LogP contribution in [0.4, 0.5) is 0 Å². The maximum absolute atomic E-state index is 13.6. The van der Waals surface area contributed by atoms with Gasteiger partial charge < -0.3 is 0 Å². The molecule has 0 amide bonds. The Morgan fingerprint density at radius 1 is 1.07 bits per heavy atom. The topological polar surface area (TPSA) is 37.4 Å². The first-order chi connectivity index (χ1) is 12.6. The molecule has 2 aliphatic rings. The molecular weight excluding hydrogens is 354 g/mol. The first kappa shape index (κ1) is 20.3. The van der Waals surface area contributed by atoms with Gasteiger partial charge in [0.15, 0.2) is 0 Å². The van der Waals surface area contributed by atoms with E-state index in [-0.39, 0.29) is 11.5 Å². The van der Waals surface area contributed by atoms with Crippen LogP contribution in [-0.4, -0.2) is 25.3 Å². The highest BCUT2D eigenvalue weighted by atomic mass is 32.2. The second-order valence-corrected chi connectivity index (χ2v) is 11.3. The predicted octanol–water partition coefficient (Wildman–Crippen LogP) is 5.48. The lowest BCUT2D eigenvalue weighted by Gasteiger charge is -2.33. The van der Waals surface area contributed by atoms with E-state index in [1.165, 1.54) is 11.1 Å². The van der Waals surface area contributed by atoms with Gasteiger partial charge in [-0.3, -0.25) is 0 Å². The third-order valence-corrected chi connectivity index (χ3v) is 7.73. The Morgan fingerprint density at radius 2 is 1.74 bits per heavy atom. The normalized spacial score (nSPS) is 28.5. The van der Waals surface area contributed by atoms with Gasteiger partial charge in [-0.15, -0.1) is 0 Å². The van der Waals surface area contributed by atoms with Crippen molar-refractivity contribution in [2.75, 3.05) is 6.54 Å². The highest BCUT2D eigenvalue weighted by molar-refractivity contribution is 7.89. The van der Waals surface area contributed by atoms with Gasteiger partial charge in [-0.1, -0.05) is 61.8 Å². The first-order valence-electron chi connectivity index (χ1n) is 10.0. The van der Waals surface area contributed by atoms with Crippen LogP contribution in [0.3, 0.4) is 0 Å². The van der Waals surface area contributed by atoms with Gasteiger partial charge >= 0.3 is 0 Å². The zero-order valence-electron chi connectivity index (χ0n) is 17.3. The smallest absolute Gasteiger partial charge is 0.207 e. The van der Waals surface area contributed by atoms with E-state index >= 15 is 0 Å².